The Labute approximate surface area is 190 Å². The number of benzene rings is 2. The van der Waals surface area contributed by atoms with Gasteiger partial charge in [0.1, 0.15) is 5.69 Å². The molecule has 0 radical (unpaired) electrons. The first kappa shape index (κ1) is 21.5. The van der Waals surface area contributed by atoms with Gasteiger partial charge in [0.05, 0.1) is 17.0 Å². The third kappa shape index (κ3) is 5.12. The van der Waals surface area contributed by atoms with E-state index in [9.17, 15) is 9.59 Å². The van der Waals surface area contributed by atoms with Crippen molar-refractivity contribution in [3.63, 3.8) is 0 Å². The third-order valence-electron chi connectivity index (χ3n) is 4.77. The Morgan fingerprint density at radius 3 is 2.38 bits per heavy atom. The van der Waals surface area contributed by atoms with Crippen molar-refractivity contribution in [3.05, 3.63) is 95.0 Å². The number of carbonyl (C=O) groups is 2. The first-order chi connectivity index (χ1) is 15.5. The van der Waals surface area contributed by atoms with Crippen LogP contribution in [0.2, 0.25) is 0 Å². The predicted molar refractivity (Wildman–Crippen MR) is 128 cm³/mol. The summed E-state index contributed by atoms with van der Waals surface area (Å²) < 4.78 is 1.79. The van der Waals surface area contributed by atoms with Crippen LogP contribution < -0.4 is 10.6 Å². The smallest absolute Gasteiger partial charge is 0.259 e. The van der Waals surface area contributed by atoms with Crippen molar-refractivity contribution in [1.82, 2.24) is 15.1 Å². The second kappa shape index (κ2) is 9.62. The van der Waals surface area contributed by atoms with Gasteiger partial charge in [-0.25, -0.2) is 0 Å². The molecular weight excluding hydrogens is 420 g/mol. The molecule has 0 spiro atoms. The van der Waals surface area contributed by atoms with Gasteiger partial charge in [-0.15, -0.1) is 11.3 Å². The summed E-state index contributed by atoms with van der Waals surface area (Å²) in [6.45, 7) is 4.40. The van der Waals surface area contributed by atoms with E-state index in [4.69, 9.17) is 0 Å². The highest BCUT2D eigenvalue weighted by atomic mass is 32.1. The van der Waals surface area contributed by atoms with E-state index in [1.807, 2.05) is 61.7 Å². The second-order valence-corrected chi connectivity index (χ2v) is 8.66. The third-order valence-corrected chi connectivity index (χ3v) is 5.65. The minimum atomic E-state index is -0.243. The second-order valence-electron chi connectivity index (χ2n) is 7.71. The van der Waals surface area contributed by atoms with Gasteiger partial charge in [-0.2, -0.15) is 5.10 Å². The molecule has 32 heavy (non-hydrogen) atoms. The van der Waals surface area contributed by atoms with E-state index in [-0.39, 0.29) is 17.9 Å². The van der Waals surface area contributed by atoms with Crippen molar-refractivity contribution in [1.29, 1.82) is 0 Å². The van der Waals surface area contributed by atoms with E-state index < -0.39 is 0 Å². The summed E-state index contributed by atoms with van der Waals surface area (Å²) in [6, 6.07) is 20.8. The number of aromatic nitrogens is 2. The number of hydrogen-bond acceptors (Lipinski definition) is 4. The molecule has 0 bridgehead atoms. The van der Waals surface area contributed by atoms with E-state index >= 15 is 0 Å². The normalized spacial score (nSPS) is 10.8. The molecule has 4 rings (SSSR count). The molecule has 6 nitrogen and oxygen atoms in total. The summed E-state index contributed by atoms with van der Waals surface area (Å²) in [5.41, 5.74) is 3.43. The molecule has 0 aliphatic heterocycles. The highest BCUT2D eigenvalue weighted by molar-refractivity contribution is 7.13. The van der Waals surface area contributed by atoms with Crippen LogP contribution in [0.15, 0.2) is 78.3 Å². The number of thiophene rings is 1. The van der Waals surface area contributed by atoms with E-state index in [0.717, 1.165) is 10.4 Å². The van der Waals surface area contributed by atoms with Gasteiger partial charge in [-0.05, 0) is 55.1 Å². The first-order valence-corrected chi connectivity index (χ1v) is 11.2. The Hall–Kier alpha value is -3.71. The van der Waals surface area contributed by atoms with Crippen molar-refractivity contribution in [2.75, 3.05) is 5.32 Å². The molecule has 162 valence electrons. The van der Waals surface area contributed by atoms with E-state index in [1.54, 1.807) is 46.5 Å². The lowest BCUT2D eigenvalue weighted by Gasteiger charge is -2.09. The van der Waals surface area contributed by atoms with Crippen molar-refractivity contribution in [2.24, 2.45) is 0 Å². The van der Waals surface area contributed by atoms with Gasteiger partial charge in [0.2, 0.25) is 0 Å². The SMILES string of the molecule is CC(C)NC(=O)c1ccc(NC(=O)c2cn(Cc3ccccc3)nc2-c2cccs2)cc1. The maximum absolute atomic E-state index is 13.1. The van der Waals surface area contributed by atoms with E-state index in [2.05, 4.69) is 15.7 Å². The predicted octanol–water partition coefficient (Wildman–Crippen LogP) is 5.05. The maximum Gasteiger partial charge on any atom is 0.259 e. The zero-order chi connectivity index (χ0) is 22.5. The first-order valence-electron chi connectivity index (χ1n) is 10.4. The zero-order valence-corrected chi connectivity index (χ0v) is 18.7. The van der Waals surface area contributed by atoms with E-state index in [0.29, 0.717) is 29.1 Å². The van der Waals surface area contributed by atoms with Crippen LogP contribution in [0.3, 0.4) is 0 Å². The van der Waals surface area contributed by atoms with Gasteiger partial charge >= 0.3 is 0 Å². The molecule has 2 aromatic carbocycles. The summed E-state index contributed by atoms with van der Waals surface area (Å²) in [7, 11) is 0. The molecule has 7 heteroatoms. The molecule has 2 amide bonds. The van der Waals surface area contributed by atoms with Gasteiger partial charge in [-0.1, -0.05) is 36.4 Å². The van der Waals surface area contributed by atoms with Gasteiger partial charge in [0, 0.05) is 23.5 Å². The van der Waals surface area contributed by atoms with Gasteiger partial charge in [-0.3, -0.25) is 14.3 Å². The van der Waals surface area contributed by atoms with E-state index in [1.165, 1.54) is 0 Å². The minimum Gasteiger partial charge on any atom is -0.350 e. The molecule has 0 unspecified atom stereocenters. The fourth-order valence-corrected chi connectivity index (χ4v) is 4.01. The molecule has 4 aromatic rings. The lowest BCUT2D eigenvalue weighted by atomic mass is 10.1. The Bertz CT molecular complexity index is 1200. The number of nitrogens with one attached hydrogen (secondary N) is 2. The Morgan fingerprint density at radius 1 is 0.969 bits per heavy atom. The van der Waals surface area contributed by atoms with Crippen LogP contribution in [-0.4, -0.2) is 27.6 Å². The summed E-state index contributed by atoms with van der Waals surface area (Å²) in [5.74, 6) is -0.382. The van der Waals surface area contributed by atoms with Crippen LogP contribution in [0.5, 0.6) is 0 Å². The largest absolute Gasteiger partial charge is 0.350 e. The molecule has 2 aromatic heterocycles. The number of carbonyl (C=O) groups excluding carboxylic acids is 2. The molecule has 2 N–H and O–H groups in total. The van der Waals surface area contributed by atoms with Gasteiger partial charge < -0.3 is 10.6 Å². The van der Waals surface area contributed by atoms with Crippen molar-refractivity contribution in [2.45, 2.75) is 26.4 Å². The summed E-state index contributed by atoms with van der Waals surface area (Å²) in [6.07, 6.45) is 1.78. The molecule has 0 aliphatic carbocycles. The van der Waals surface area contributed by atoms with Crippen LogP contribution >= 0.6 is 11.3 Å². The number of nitrogens with zero attached hydrogens (tertiary/aromatic N) is 2. The Balaban J connectivity index is 1.55. The van der Waals surface area contributed by atoms with Crippen molar-refractivity contribution in [3.8, 4) is 10.6 Å². The molecule has 0 atom stereocenters. The van der Waals surface area contributed by atoms with Crippen LogP contribution in [0, 0.1) is 0 Å². The molecule has 0 fully saturated rings. The van der Waals surface area contributed by atoms with Crippen molar-refractivity contribution < 1.29 is 9.59 Å². The van der Waals surface area contributed by atoms with Crippen molar-refractivity contribution >= 4 is 28.8 Å². The molecule has 0 saturated carbocycles. The fraction of sp³-hybridized carbons (Fsp3) is 0.160. The highest BCUT2D eigenvalue weighted by Crippen LogP contribution is 2.27. The average molecular weight is 445 g/mol. The quantitative estimate of drug-likeness (QED) is 0.419. The average Bonchev–Trinajstić information content (AvgIpc) is 3.44. The summed E-state index contributed by atoms with van der Waals surface area (Å²) >= 11 is 1.54. The molecule has 2 heterocycles. The number of anilines is 1. The monoisotopic (exact) mass is 444 g/mol. The van der Waals surface area contributed by atoms with Crippen LogP contribution in [0.25, 0.3) is 10.6 Å². The Kier molecular flexibility index (Phi) is 6.47. The number of rotatable bonds is 7. The molecule has 0 aliphatic rings. The molecular formula is C25H24N4O2S. The standard InChI is InChI=1S/C25H24N4O2S/c1-17(2)26-24(30)19-10-12-20(13-11-19)27-25(31)21-16-29(15-18-7-4-3-5-8-18)28-23(21)22-9-6-14-32-22/h3-14,16-17H,15H2,1-2H3,(H,26,30)(H,27,31). The van der Waals surface area contributed by atoms with Gasteiger partial charge in [0.25, 0.3) is 11.8 Å². The summed E-state index contributed by atoms with van der Waals surface area (Å²) in [5, 5.41) is 12.4. The topological polar surface area (TPSA) is 76.0 Å². The maximum atomic E-state index is 13.1. The van der Waals surface area contributed by atoms with Crippen LogP contribution in [-0.2, 0) is 6.54 Å². The molecule has 0 saturated heterocycles. The van der Waals surface area contributed by atoms with Crippen LogP contribution in [0.4, 0.5) is 5.69 Å². The zero-order valence-electron chi connectivity index (χ0n) is 17.9. The lowest BCUT2D eigenvalue weighted by molar-refractivity contribution is 0.0942. The Morgan fingerprint density at radius 2 is 1.72 bits per heavy atom. The fourth-order valence-electron chi connectivity index (χ4n) is 3.28. The minimum absolute atomic E-state index is 0.0602. The summed E-state index contributed by atoms with van der Waals surface area (Å²) in [4.78, 5) is 26.2. The number of amides is 2. The lowest BCUT2D eigenvalue weighted by Crippen LogP contribution is -2.30. The van der Waals surface area contributed by atoms with Gasteiger partial charge in [0.15, 0.2) is 0 Å². The van der Waals surface area contributed by atoms with Crippen LogP contribution in [0.1, 0.15) is 40.1 Å². The number of hydrogen-bond donors (Lipinski definition) is 2. The highest BCUT2D eigenvalue weighted by Gasteiger charge is 2.19.